The van der Waals surface area contributed by atoms with Gasteiger partial charge in [0.2, 0.25) is 5.92 Å². The van der Waals surface area contributed by atoms with E-state index in [2.05, 4.69) is 4.98 Å². The normalized spacial score (nSPS) is 22.2. The van der Waals surface area contributed by atoms with Crippen LogP contribution in [0, 0.1) is 5.41 Å². The number of aryl methyl sites for hydroxylation is 1. The number of aliphatic carboxylic acids is 1. The molecule has 0 aromatic carbocycles. The number of hydrogen-bond acceptors (Lipinski definition) is 4. The van der Waals surface area contributed by atoms with Crippen molar-refractivity contribution >= 4 is 15.8 Å². The van der Waals surface area contributed by atoms with Crippen molar-refractivity contribution in [3.05, 3.63) is 18.2 Å². The third kappa shape index (κ3) is 7.72. The van der Waals surface area contributed by atoms with Crippen molar-refractivity contribution in [3.63, 3.8) is 0 Å². The van der Waals surface area contributed by atoms with E-state index in [1.54, 1.807) is 17.8 Å². The minimum absolute atomic E-state index is 0.134. The van der Waals surface area contributed by atoms with Gasteiger partial charge in [-0.25, -0.2) is 27.0 Å². The number of carboxylic acids is 1. The van der Waals surface area contributed by atoms with Crippen LogP contribution >= 0.6 is 0 Å². The Morgan fingerprint density at radius 1 is 1.32 bits per heavy atom. The molecule has 1 heterocycles. The summed E-state index contributed by atoms with van der Waals surface area (Å²) in [6.07, 6.45) is -1.53. The van der Waals surface area contributed by atoms with Gasteiger partial charge in [0.05, 0.1) is 23.5 Å². The van der Waals surface area contributed by atoms with E-state index >= 15 is 0 Å². The molecule has 1 unspecified atom stereocenters. The number of hydrogen-bond donors (Lipinski definition) is 1. The molecule has 0 radical (unpaired) electrons. The quantitative estimate of drug-likeness (QED) is 0.715. The summed E-state index contributed by atoms with van der Waals surface area (Å²) in [6.45, 7) is 4.20. The molecule has 1 aliphatic rings. The van der Waals surface area contributed by atoms with Crippen molar-refractivity contribution in [2.45, 2.75) is 63.9 Å². The Labute approximate surface area is 159 Å². The largest absolute Gasteiger partial charge is 0.490 e. The van der Waals surface area contributed by atoms with Crippen molar-refractivity contribution in [1.29, 1.82) is 0 Å². The molecule has 1 aromatic heterocycles. The maximum Gasteiger partial charge on any atom is 0.490 e. The molecule has 28 heavy (non-hydrogen) atoms. The second kappa shape index (κ2) is 8.75. The third-order valence-electron chi connectivity index (χ3n) is 4.33. The zero-order chi connectivity index (χ0) is 21.8. The van der Waals surface area contributed by atoms with Gasteiger partial charge in [-0.1, -0.05) is 6.92 Å². The number of nitrogens with zero attached hydrogens (tertiary/aromatic N) is 2. The molecule has 2 rings (SSSR count). The van der Waals surface area contributed by atoms with Gasteiger partial charge in [0.1, 0.15) is 0 Å². The first-order valence-electron chi connectivity index (χ1n) is 8.46. The van der Waals surface area contributed by atoms with E-state index < -0.39 is 33.3 Å². The standard InChI is InChI=1S/C14H22F2N2O2S.C2HF3O2/c1-3-18-11-17-7-12(18)8-21(19,20)10-13(2)5-4-6-14(15,16)9-13;3-2(4,5)1(6)7/h7,11H,3-6,8-10H2,1-2H3;(H,6,7). The highest BCUT2D eigenvalue weighted by molar-refractivity contribution is 7.90. The van der Waals surface area contributed by atoms with E-state index in [1.807, 2.05) is 6.92 Å². The molecule has 162 valence electrons. The van der Waals surface area contributed by atoms with Gasteiger partial charge < -0.3 is 9.67 Å². The summed E-state index contributed by atoms with van der Waals surface area (Å²) in [7, 11) is -3.44. The molecule has 1 saturated carbocycles. The number of carbonyl (C=O) groups is 1. The number of rotatable bonds is 5. The number of halogens is 5. The molecule has 0 saturated heterocycles. The maximum atomic E-state index is 13.6. The zero-order valence-corrected chi connectivity index (χ0v) is 16.3. The van der Waals surface area contributed by atoms with Crippen molar-refractivity contribution in [2.24, 2.45) is 5.41 Å². The number of alkyl halides is 5. The molecule has 0 bridgehead atoms. The van der Waals surface area contributed by atoms with Crippen molar-refractivity contribution in [1.82, 2.24) is 9.55 Å². The fourth-order valence-corrected chi connectivity index (χ4v) is 5.36. The lowest BCUT2D eigenvalue weighted by Crippen LogP contribution is -2.38. The van der Waals surface area contributed by atoms with Gasteiger partial charge in [-0.3, -0.25) is 0 Å². The predicted molar refractivity (Wildman–Crippen MR) is 90.6 cm³/mol. The van der Waals surface area contributed by atoms with Crippen LogP contribution in [0.2, 0.25) is 0 Å². The summed E-state index contributed by atoms with van der Waals surface area (Å²) in [4.78, 5) is 12.8. The number of sulfone groups is 1. The summed E-state index contributed by atoms with van der Waals surface area (Å²) < 4.78 is 85.3. The number of imidazole rings is 1. The van der Waals surface area contributed by atoms with Crippen molar-refractivity contribution < 1.29 is 40.3 Å². The average molecular weight is 434 g/mol. The first-order chi connectivity index (χ1) is 12.6. The van der Waals surface area contributed by atoms with E-state index in [0.717, 1.165) is 0 Å². The molecular formula is C16H23F5N2O4S. The van der Waals surface area contributed by atoms with Crippen LogP contribution in [0.1, 0.15) is 45.2 Å². The van der Waals surface area contributed by atoms with Crippen LogP contribution in [0.4, 0.5) is 22.0 Å². The van der Waals surface area contributed by atoms with Gasteiger partial charge in [0.25, 0.3) is 0 Å². The lowest BCUT2D eigenvalue weighted by Gasteiger charge is -2.37. The number of carboxylic acid groups (broad SMARTS) is 1. The van der Waals surface area contributed by atoms with Crippen LogP contribution in [0.5, 0.6) is 0 Å². The minimum atomic E-state index is -5.08. The fourth-order valence-electron chi connectivity index (χ4n) is 3.26. The van der Waals surface area contributed by atoms with Gasteiger partial charge in [-0.05, 0) is 25.2 Å². The van der Waals surface area contributed by atoms with Gasteiger partial charge >= 0.3 is 12.1 Å². The van der Waals surface area contributed by atoms with Crippen molar-refractivity contribution in [3.8, 4) is 0 Å². The fraction of sp³-hybridized carbons (Fsp3) is 0.750. The van der Waals surface area contributed by atoms with E-state index in [1.165, 1.54) is 6.20 Å². The van der Waals surface area contributed by atoms with E-state index in [-0.39, 0.29) is 24.3 Å². The van der Waals surface area contributed by atoms with Gasteiger partial charge in [0.15, 0.2) is 9.84 Å². The van der Waals surface area contributed by atoms with Crippen LogP contribution < -0.4 is 0 Å². The van der Waals surface area contributed by atoms with Crippen LogP contribution in [0.3, 0.4) is 0 Å². The lowest BCUT2D eigenvalue weighted by atomic mass is 9.75. The molecule has 0 aliphatic heterocycles. The summed E-state index contributed by atoms with van der Waals surface area (Å²) in [5.41, 5.74) is -0.221. The number of aromatic nitrogens is 2. The Bertz CT molecular complexity index is 776. The second-order valence-corrected chi connectivity index (χ2v) is 9.27. The van der Waals surface area contributed by atoms with Gasteiger partial charge in [0, 0.05) is 25.6 Å². The van der Waals surface area contributed by atoms with E-state index in [9.17, 15) is 30.4 Å². The maximum absolute atomic E-state index is 13.6. The first-order valence-corrected chi connectivity index (χ1v) is 10.3. The van der Waals surface area contributed by atoms with Gasteiger partial charge in [-0.2, -0.15) is 13.2 Å². The Morgan fingerprint density at radius 2 is 1.89 bits per heavy atom. The van der Waals surface area contributed by atoms with E-state index in [0.29, 0.717) is 25.1 Å². The van der Waals surface area contributed by atoms with E-state index in [4.69, 9.17) is 9.90 Å². The van der Waals surface area contributed by atoms with Crippen LogP contribution in [-0.4, -0.2) is 46.9 Å². The topological polar surface area (TPSA) is 89.3 Å². The second-order valence-electron chi connectivity index (χ2n) is 7.20. The smallest absolute Gasteiger partial charge is 0.475 e. The molecule has 0 amide bonds. The Hall–Kier alpha value is -1.72. The molecule has 1 aliphatic carbocycles. The molecule has 1 aromatic rings. The molecule has 12 heteroatoms. The highest BCUT2D eigenvalue weighted by Gasteiger charge is 2.45. The minimum Gasteiger partial charge on any atom is -0.475 e. The van der Waals surface area contributed by atoms with Crippen LogP contribution in [0.25, 0.3) is 0 Å². The Balaban J connectivity index is 0.000000480. The lowest BCUT2D eigenvalue weighted by molar-refractivity contribution is -0.192. The Morgan fingerprint density at radius 3 is 2.36 bits per heavy atom. The molecule has 1 atom stereocenters. The predicted octanol–water partition coefficient (Wildman–Crippen LogP) is 3.67. The van der Waals surface area contributed by atoms with Crippen LogP contribution in [-0.2, 0) is 26.9 Å². The Kier molecular flexibility index (Phi) is 7.60. The summed E-state index contributed by atoms with van der Waals surface area (Å²) >= 11 is 0. The third-order valence-corrected chi connectivity index (χ3v) is 6.20. The molecular weight excluding hydrogens is 411 g/mol. The summed E-state index contributed by atoms with van der Waals surface area (Å²) in [6, 6.07) is 0. The van der Waals surface area contributed by atoms with Crippen molar-refractivity contribution in [2.75, 3.05) is 5.75 Å². The monoisotopic (exact) mass is 434 g/mol. The zero-order valence-electron chi connectivity index (χ0n) is 15.5. The summed E-state index contributed by atoms with van der Waals surface area (Å²) in [5.74, 6) is -5.83. The average Bonchev–Trinajstić information content (AvgIpc) is 2.90. The summed E-state index contributed by atoms with van der Waals surface area (Å²) in [5, 5.41) is 7.12. The molecule has 0 spiro atoms. The molecule has 6 nitrogen and oxygen atoms in total. The first kappa shape index (κ1) is 24.3. The highest BCUT2D eigenvalue weighted by Crippen LogP contribution is 2.45. The molecule has 1 N–H and O–H groups in total. The highest BCUT2D eigenvalue weighted by atomic mass is 32.2. The SMILES string of the molecule is CCn1cncc1CS(=O)(=O)CC1(C)CCCC(F)(F)C1.O=C(O)C(F)(F)F. The van der Waals surface area contributed by atoms with Crippen LogP contribution in [0.15, 0.2) is 12.5 Å². The van der Waals surface area contributed by atoms with Gasteiger partial charge in [-0.15, -0.1) is 0 Å². The molecule has 1 fully saturated rings.